The Kier molecular flexibility index (Phi) is 2.61. The van der Waals surface area contributed by atoms with Gasteiger partial charge in [0.2, 0.25) is 0 Å². The second-order valence-electron chi connectivity index (χ2n) is 4.29. The van der Waals surface area contributed by atoms with Gasteiger partial charge in [0.05, 0.1) is 12.0 Å². The molecule has 3 nitrogen and oxygen atoms in total. The lowest BCUT2D eigenvalue weighted by atomic mass is 10.0. The van der Waals surface area contributed by atoms with Gasteiger partial charge in [-0.2, -0.15) is 0 Å². The van der Waals surface area contributed by atoms with Crippen LogP contribution in [0.1, 0.15) is 24.3 Å². The van der Waals surface area contributed by atoms with Crippen LogP contribution in [0.3, 0.4) is 0 Å². The summed E-state index contributed by atoms with van der Waals surface area (Å²) in [5, 5.41) is 0. The van der Waals surface area contributed by atoms with Crippen LogP contribution in [0.15, 0.2) is 34.2 Å². The molecular weight excluding hydrogens is 218 g/mol. The Labute approximate surface area is 99.5 Å². The first-order valence-corrected chi connectivity index (χ1v) is 6.63. The topological polar surface area (TPSA) is 50.4 Å². The lowest BCUT2D eigenvalue weighted by Crippen LogP contribution is -2.35. The molecule has 0 radical (unpaired) electrons. The van der Waals surface area contributed by atoms with Gasteiger partial charge in [0.25, 0.3) is 0 Å². The highest BCUT2D eigenvalue weighted by molar-refractivity contribution is 7.99. The number of aliphatic imine (C=N–C) groups is 1. The van der Waals surface area contributed by atoms with Crippen molar-refractivity contribution >= 4 is 17.6 Å². The van der Waals surface area contributed by atoms with Crippen LogP contribution in [0.4, 0.5) is 0 Å². The molecule has 1 atom stereocenters. The maximum Gasteiger partial charge on any atom is 0.119 e. The first kappa shape index (κ1) is 10.2. The van der Waals surface area contributed by atoms with E-state index in [2.05, 4.69) is 34.7 Å². The molecule has 0 spiro atoms. The molecule has 1 fully saturated rings. The second-order valence-corrected chi connectivity index (χ2v) is 5.35. The number of hydrogen-bond acceptors (Lipinski definition) is 3. The molecule has 0 bridgehead atoms. The maximum absolute atomic E-state index is 5.60. The molecule has 0 saturated heterocycles. The number of amidine groups is 1. The van der Waals surface area contributed by atoms with Gasteiger partial charge in [-0.05, 0) is 24.5 Å². The van der Waals surface area contributed by atoms with Crippen LogP contribution in [0, 0.1) is 0 Å². The molecule has 1 aromatic carbocycles. The van der Waals surface area contributed by atoms with E-state index >= 15 is 0 Å². The summed E-state index contributed by atoms with van der Waals surface area (Å²) in [7, 11) is 0. The summed E-state index contributed by atoms with van der Waals surface area (Å²) >= 11 is 1.89. The normalized spacial score (nSPS) is 24.3. The number of nitrogens with zero attached hydrogens (tertiary/aromatic N) is 1. The van der Waals surface area contributed by atoms with Gasteiger partial charge in [0.1, 0.15) is 5.84 Å². The van der Waals surface area contributed by atoms with Gasteiger partial charge >= 0.3 is 0 Å². The summed E-state index contributed by atoms with van der Waals surface area (Å²) < 4.78 is 0. The van der Waals surface area contributed by atoms with E-state index in [1.54, 1.807) is 0 Å². The zero-order valence-corrected chi connectivity index (χ0v) is 9.83. The van der Waals surface area contributed by atoms with E-state index in [9.17, 15) is 0 Å². The number of hydrazine groups is 1. The highest BCUT2D eigenvalue weighted by Gasteiger charge is 2.29. The molecule has 4 heteroatoms. The smallest absolute Gasteiger partial charge is 0.119 e. The van der Waals surface area contributed by atoms with Crippen LogP contribution < -0.4 is 11.3 Å². The van der Waals surface area contributed by atoms with E-state index < -0.39 is 0 Å². The SMILES string of the molecule is NNC(=NC1CC1)C1CSc2ccccc21. The van der Waals surface area contributed by atoms with E-state index in [0.29, 0.717) is 12.0 Å². The van der Waals surface area contributed by atoms with Gasteiger partial charge in [-0.15, -0.1) is 11.8 Å². The first-order valence-electron chi connectivity index (χ1n) is 5.64. The molecule has 3 N–H and O–H groups in total. The first-order chi connectivity index (χ1) is 7.88. The number of benzene rings is 1. The van der Waals surface area contributed by atoms with Gasteiger partial charge in [0.15, 0.2) is 0 Å². The zero-order valence-electron chi connectivity index (χ0n) is 9.02. The molecule has 1 heterocycles. The molecule has 2 aliphatic rings. The van der Waals surface area contributed by atoms with Gasteiger partial charge in [-0.25, -0.2) is 5.84 Å². The summed E-state index contributed by atoms with van der Waals surface area (Å²) in [5.41, 5.74) is 4.16. The van der Waals surface area contributed by atoms with Gasteiger partial charge in [0, 0.05) is 10.6 Å². The molecule has 0 aromatic heterocycles. The van der Waals surface area contributed by atoms with Crippen molar-refractivity contribution in [2.45, 2.75) is 29.7 Å². The van der Waals surface area contributed by atoms with Crippen molar-refractivity contribution < 1.29 is 0 Å². The van der Waals surface area contributed by atoms with E-state index in [0.717, 1.165) is 11.6 Å². The van der Waals surface area contributed by atoms with Crippen molar-refractivity contribution in [2.24, 2.45) is 10.8 Å². The molecule has 0 amide bonds. The number of nitrogens with one attached hydrogen (secondary N) is 1. The minimum Gasteiger partial charge on any atom is -0.312 e. The minimum absolute atomic E-state index is 0.354. The van der Waals surface area contributed by atoms with E-state index in [1.165, 1.54) is 23.3 Å². The van der Waals surface area contributed by atoms with Crippen LogP contribution in [0.2, 0.25) is 0 Å². The standard InChI is InChI=1S/C12H15N3S/c13-15-12(14-8-5-6-8)10-7-16-11-4-2-1-3-9(10)11/h1-4,8,10H,5-7,13H2,(H,14,15). The summed E-state index contributed by atoms with van der Waals surface area (Å²) in [6.45, 7) is 0. The summed E-state index contributed by atoms with van der Waals surface area (Å²) in [6, 6.07) is 9.04. The largest absolute Gasteiger partial charge is 0.312 e. The monoisotopic (exact) mass is 233 g/mol. The molecule has 1 aromatic rings. The molecule has 3 rings (SSSR count). The van der Waals surface area contributed by atoms with Crippen molar-refractivity contribution in [3.8, 4) is 0 Å². The number of thioether (sulfide) groups is 1. The van der Waals surface area contributed by atoms with Crippen molar-refractivity contribution in [2.75, 3.05) is 5.75 Å². The summed E-state index contributed by atoms with van der Waals surface area (Å²) in [6.07, 6.45) is 2.43. The molecule has 16 heavy (non-hydrogen) atoms. The Morgan fingerprint density at radius 2 is 2.19 bits per heavy atom. The molecular formula is C12H15N3S. The van der Waals surface area contributed by atoms with Gasteiger partial charge < -0.3 is 5.43 Å². The zero-order chi connectivity index (χ0) is 11.0. The number of fused-ring (bicyclic) bond motifs is 1. The third kappa shape index (κ3) is 1.83. The van der Waals surface area contributed by atoms with Crippen molar-refractivity contribution in [1.82, 2.24) is 5.43 Å². The molecule has 1 aliphatic carbocycles. The van der Waals surface area contributed by atoms with Crippen LogP contribution in [0.25, 0.3) is 0 Å². The average molecular weight is 233 g/mol. The van der Waals surface area contributed by atoms with Crippen molar-refractivity contribution in [1.29, 1.82) is 0 Å². The van der Waals surface area contributed by atoms with Crippen LogP contribution in [-0.2, 0) is 0 Å². The van der Waals surface area contributed by atoms with Crippen molar-refractivity contribution in [3.63, 3.8) is 0 Å². The Morgan fingerprint density at radius 1 is 1.38 bits per heavy atom. The number of nitrogens with two attached hydrogens (primary N) is 1. The third-order valence-electron chi connectivity index (χ3n) is 3.05. The highest BCUT2D eigenvalue weighted by atomic mass is 32.2. The lowest BCUT2D eigenvalue weighted by molar-refractivity contribution is 0.878. The maximum atomic E-state index is 5.60. The van der Waals surface area contributed by atoms with Crippen LogP contribution in [-0.4, -0.2) is 17.6 Å². The number of hydrogen-bond donors (Lipinski definition) is 2. The molecule has 84 valence electrons. The van der Waals surface area contributed by atoms with E-state index in [-0.39, 0.29) is 0 Å². The second kappa shape index (κ2) is 4.11. The quantitative estimate of drug-likeness (QED) is 0.355. The van der Waals surface area contributed by atoms with Crippen LogP contribution >= 0.6 is 11.8 Å². The van der Waals surface area contributed by atoms with Crippen LogP contribution in [0.5, 0.6) is 0 Å². The molecule has 1 aliphatic heterocycles. The molecule has 1 saturated carbocycles. The predicted molar refractivity (Wildman–Crippen MR) is 67.7 cm³/mol. The fraction of sp³-hybridized carbons (Fsp3) is 0.417. The highest BCUT2D eigenvalue weighted by Crippen LogP contribution is 2.40. The Bertz CT molecular complexity index is 426. The lowest BCUT2D eigenvalue weighted by Gasteiger charge is -2.13. The van der Waals surface area contributed by atoms with Gasteiger partial charge in [-0.3, -0.25) is 4.99 Å². The fourth-order valence-corrected chi connectivity index (χ4v) is 3.25. The van der Waals surface area contributed by atoms with E-state index in [4.69, 9.17) is 5.84 Å². The Morgan fingerprint density at radius 3 is 2.94 bits per heavy atom. The summed E-state index contributed by atoms with van der Waals surface area (Å²) in [4.78, 5) is 6.02. The van der Waals surface area contributed by atoms with Crippen molar-refractivity contribution in [3.05, 3.63) is 29.8 Å². The van der Waals surface area contributed by atoms with Gasteiger partial charge in [-0.1, -0.05) is 18.2 Å². The number of rotatable bonds is 2. The Hall–Kier alpha value is -1.00. The summed E-state index contributed by atoms with van der Waals surface area (Å²) in [5.74, 6) is 7.96. The Balaban J connectivity index is 1.90. The van der Waals surface area contributed by atoms with E-state index in [1.807, 2.05) is 11.8 Å². The fourth-order valence-electron chi connectivity index (χ4n) is 2.02. The average Bonchev–Trinajstić information content (AvgIpc) is 3.04. The minimum atomic E-state index is 0.354. The third-order valence-corrected chi connectivity index (χ3v) is 4.23. The predicted octanol–water partition coefficient (Wildman–Crippen LogP) is 1.90. The molecule has 1 unspecified atom stereocenters.